The maximum atomic E-state index is 14.1. The van der Waals surface area contributed by atoms with Crippen molar-refractivity contribution >= 4 is 17.1 Å². The molecule has 10 heteroatoms. The van der Waals surface area contributed by atoms with Crippen LogP contribution in [0.5, 0.6) is 5.88 Å². The van der Waals surface area contributed by atoms with Crippen LogP contribution in [0.15, 0.2) is 48.7 Å². The van der Waals surface area contributed by atoms with Crippen molar-refractivity contribution in [1.29, 1.82) is 0 Å². The molecule has 0 unspecified atom stereocenters. The number of benzene rings is 1. The summed E-state index contributed by atoms with van der Waals surface area (Å²) in [6, 6.07) is 8.98. The fraction of sp³-hybridized carbons (Fsp3) is 0.269. The topological polar surface area (TPSA) is 61.3 Å². The van der Waals surface area contributed by atoms with Crippen LogP contribution in [0.2, 0.25) is 0 Å². The first kappa shape index (κ1) is 25.3. The Hall–Kier alpha value is -3.82. The summed E-state index contributed by atoms with van der Waals surface area (Å²) >= 11 is 0. The summed E-state index contributed by atoms with van der Waals surface area (Å²) < 4.78 is 79.2. The zero-order chi connectivity index (χ0) is 25.9. The second-order valence-electron chi connectivity index (χ2n) is 8.00. The van der Waals surface area contributed by atoms with Crippen molar-refractivity contribution in [3.05, 3.63) is 88.4 Å². The number of hydrogen-bond donors (Lipinski definition) is 0. The highest BCUT2D eigenvalue weighted by Gasteiger charge is 2.33. The van der Waals surface area contributed by atoms with Crippen LogP contribution in [0, 0.1) is 11.6 Å². The fourth-order valence-corrected chi connectivity index (χ4v) is 3.99. The molecule has 0 amide bonds. The molecule has 36 heavy (non-hydrogen) atoms. The lowest BCUT2D eigenvalue weighted by Gasteiger charge is -2.16. The van der Waals surface area contributed by atoms with Crippen LogP contribution in [-0.4, -0.2) is 22.5 Å². The average Bonchev–Trinajstić information content (AvgIpc) is 3.33. The van der Waals surface area contributed by atoms with Crippen LogP contribution in [0.4, 0.5) is 22.0 Å². The van der Waals surface area contributed by atoms with Gasteiger partial charge >= 0.3 is 12.1 Å². The second-order valence-corrected chi connectivity index (χ2v) is 8.00. The molecule has 1 aliphatic rings. The molecule has 2 aromatic heterocycles. The summed E-state index contributed by atoms with van der Waals surface area (Å²) in [6.07, 6.45) is -2.54. The maximum absolute atomic E-state index is 14.1. The number of allylic oxidation sites excluding steroid dienone is 2. The van der Waals surface area contributed by atoms with E-state index in [4.69, 9.17) is 9.47 Å². The summed E-state index contributed by atoms with van der Waals surface area (Å²) in [5, 5.41) is 0. The molecule has 0 N–H and O–H groups in total. The van der Waals surface area contributed by atoms with Crippen molar-refractivity contribution in [2.45, 2.75) is 39.0 Å². The zero-order valence-electron chi connectivity index (χ0n) is 19.2. The summed E-state index contributed by atoms with van der Waals surface area (Å²) in [5.74, 6) is -2.49. The van der Waals surface area contributed by atoms with Gasteiger partial charge in [0.2, 0.25) is 5.88 Å². The van der Waals surface area contributed by atoms with Gasteiger partial charge in [-0.1, -0.05) is 12.1 Å². The third-order valence-corrected chi connectivity index (χ3v) is 5.68. The molecule has 0 atom stereocenters. The van der Waals surface area contributed by atoms with Crippen LogP contribution in [-0.2, 0) is 17.5 Å². The number of esters is 1. The van der Waals surface area contributed by atoms with Crippen LogP contribution < -0.4 is 4.74 Å². The van der Waals surface area contributed by atoms with Gasteiger partial charge in [0.1, 0.15) is 23.9 Å². The molecule has 1 aliphatic carbocycles. The third-order valence-electron chi connectivity index (χ3n) is 5.68. The highest BCUT2D eigenvalue weighted by atomic mass is 19.4. The number of carbonyl (C=O) groups excluding carboxylic acids is 1. The Morgan fingerprint density at radius 2 is 1.72 bits per heavy atom. The number of nitrogens with zero attached hydrogens (tertiary/aromatic N) is 2. The monoisotopic (exact) mass is 504 g/mol. The van der Waals surface area contributed by atoms with Crippen molar-refractivity contribution in [3.8, 4) is 5.88 Å². The number of carbonyl (C=O) groups is 1. The second kappa shape index (κ2) is 10.4. The average molecular weight is 504 g/mol. The normalized spacial score (nSPS) is 13.7. The molecule has 3 aromatic rings. The smallest absolute Gasteiger partial charge is 0.417 e. The molecule has 0 saturated carbocycles. The van der Waals surface area contributed by atoms with E-state index in [0.717, 1.165) is 18.2 Å². The Morgan fingerprint density at radius 1 is 1.03 bits per heavy atom. The Balaban J connectivity index is 1.78. The molecule has 5 nitrogen and oxygen atoms in total. The van der Waals surface area contributed by atoms with Crippen molar-refractivity contribution in [3.63, 3.8) is 0 Å². The SMILES string of the molecule is CCOC(=O)c1cccc(C2=C(c3cc(C(F)(F)F)cnc3OCc3c(F)cccc3F)CCC2)n1. The summed E-state index contributed by atoms with van der Waals surface area (Å²) in [6.45, 7) is 1.26. The quantitative estimate of drug-likeness (QED) is 0.267. The van der Waals surface area contributed by atoms with Crippen LogP contribution in [0.1, 0.15) is 59.1 Å². The first-order valence-electron chi connectivity index (χ1n) is 11.2. The van der Waals surface area contributed by atoms with E-state index in [1.165, 1.54) is 12.1 Å². The number of rotatable bonds is 7. The number of aromatic nitrogens is 2. The highest BCUT2D eigenvalue weighted by molar-refractivity contribution is 5.94. The lowest BCUT2D eigenvalue weighted by atomic mass is 9.99. The minimum atomic E-state index is -4.67. The molecule has 188 valence electrons. The Bertz CT molecular complexity index is 1300. The molecular formula is C26H21F5N2O3. The van der Waals surface area contributed by atoms with Gasteiger partial charge in [-0.25, -0.2) is 23.5 Å². The maximum Gasteiger partial charge on any atom is 0.417 e. The summed E-state index contributed by atoms with van der Waals surface area (Å²) in [4.78, 5) is 20.3. The van der Waals surface area contributed by atoms with Gasteiger partial charge in [0.15, 0.2) is 0 Å². The molecule has 0 saturated heterocycles. The van der Waals surface area contributed by atoms with Crippen LogP contribution in [0.25, 0.3) is 11.1 Å². The van der Waals surface area contributed by atoms with Gasteiger partial charge in [-0.05, 0) is 67.7 Å². The molecule has 0 bridgehead atoms. The predicted octanol–water partition coefficient (Wildman–Crippen LogP) is 6.62. The Morgan fingerprint density at radius 3 is 2.42 bits per heavy atom. The van der Waals surface area contributed by atoms with E-state index in [0.29, 0.717) is 42.3 Å². The van der Waals surface area contributed by atoms with E-state index in [2.05, 4.69) is 9.97 Å². The highest BCUT2D eigenvalue weighted by Crippen LogP contribution is 2.43. The lowest BCUT2D eigenvalue weighted by molar-refractivity contribution is -0.137. The molecule has 4 rings (SSSR count). The third kappa shape index (κ3) is 5.37. The molecule has 0 aliphatic heterocycles. The number of hydrogen-bond acceptors (Lipinski definition) is 5. The minimum absolute atomic E-state index is 0.0532. The molecule has 0 radical (unpaired) electrons. The van der Waals surface area contributed by atoms with Crippen molar-refractivity contribution < 1.29 is 36.2 Å². The van der Waals surface area contributed by atoms with Gasteiger partial charge < -0.3 is 9.47 Å². The molecule has 2 heterocycles. The molecule has 0 spiro atoms. The standard InChI is InChI=1S/C26H21F5N2O3/c1-2-35-25(34)23-11-5-10-22(33-23)17-7-3-6-16(17)18-12-15(26(29,30)31)13-32-24(18)36-14-19-20(27)8-4-9-21(19)28/h4-5,8-13H,2-3,6-7,14H2,1H3. The van der Waals surface area contributed by atoms with Gasteiger partial charge in [0, 0.05) is 11.8 Å². The van der Waals surface area contributed by atoms with Gasteiger partial charge in [-0.2, -0.15) is 13.2 Å². The van der Waals surface area contributed by atoms with Gasteiger partial charge in [-0.15, -0.1) is 0 Å². The van der Waals surface area contributed by atoms with E-state index in [-0.39, 0.29) is 29.3 Å². The van der Waals surface area contributed by atoms with Crippen LogP contribution >= 0.6 is 0 Å². The van der Waals surface area contributed by atoms with Gasteiger partial charge in [0.25, 0.3) is 0 Å². The van der Waals surface area contributed by atoms with Crippen LogP contribution in [0.3, 0.4) is 0 Å². The predicted molar refractivity (Wildman–Crippen MR) is 121 cm³/mol. The number of pyridine rings is 2. The summed E-state index contributed by atoms with van der Waals surface area (Å²) in [7, 11) is 0. The molecular weight excluding hydrogens is 483 g/mol. The van der Waals surface area contributed by atoms with Crippen molar-refractivity contribution in [2.24, 2.45) is 0 Å². The number of ether oxygens (including phenoxy) is 2. The van der Waals surface area contributed by atoms with E-state index in [1.807, 2.05) is 0 Å². The number of halogens is 5. The fourth-order valence-electron chi connectivity index (χ4n) is 3.99. The van der Waals surface area contributed by atoms with E-state index >= 15 is 0 Å². The van der Waals surface area contributed by atoms with Gasteiger partial charge in [0.05, 0.1) is 23.4 Å². The lowest BCUT2D eigenvalue weighted by Crippen LogP contribution is -2.10. The Kier molecular flexibility index (Phi) is 7.32. The van der Waals surface area contributed by atoms with Crippen molar-refractivity contribution in [2.75, 3.05) is 6.61 Å². The van der Waals surface area contributed by atoms with E-state index < -0.39 is 36.0 Å². The molecule has 0 fully saturated rings. The first-order valence-corrected chi connectivity index (χ1v) is 11.2. The largest absolute Gasteiger partial charge is 0.472 e. The van der Waals surface area contributed by atoms with E-state index in [9.17, 15) is 26.7 Å². The van der Waals surface area contributed by atoms with Gasteiger partial charge in [-0.3, -0.25) is 0 Å². The zero-order valence-corrected chi connectivity index (χ0v) is 19.2. The summed E-state index contributed by atoms with van der Waals surface area (Å²) in [5.41, 5.74) is 0.314. The van der Waals surface area contributed by atoms with E-state index in [1.54, 1.807) is 19.1 Å². The van der Waals surface area contributed by atoms with Crippen molar-refractivity contribution in [1.82, 2.24) is 9.97 Å². The Labute approximate surface area is 203 Å². The minimum Gasteiger partial charge on any atom is -0.472 e. The number of alkyl halides is 3. The first-order chi connectivity index (χ1) is 17.2. The molecule has 1 aromatic carbocycles.